The summed E-state index contributed by atoms with van der Waals surface area (Å²) in [6.07, 6.45) is 0. The molecule has 3 aliphatic rings. The number of hydrogen-bond donors (Lipinski definition) is 0. The molecular formula is C51H57BN2O2S. The fourth-order valence-electron chi connectivity index (χ4n) is 9.60. The zero-order valence-electron chi connectivity index (χ0n) is 36.5. The van der Waals surface area contributed by atoms with Gasteiger partial charge in [0.05, 0.1) is 16.4 Å². The summed E-state index contributed by atoms with van der Waals surface area (Å²) in [5.41, 5.74) is 20.7. The summed E-state index contributed by atoms with van der Waals surface area (Å²) in [4.78, 5) is 5.20. The summed E-state index contributed by atoms with van der Waals surface area (Å²) in [6.45, 7) is 33.4. The van der Waals surface area contributed by atoms with E-state index >= 15 is 0 Å². The fourth-order valence-corrected chi connectivity index (χ4v) is 10.8. The topological polar surface area (TPSA) is 24.9 Å². The fraction of sp³-hybridized carbons (Fsp3) is 0.373. The van der Waals surface area contributed by atoms with Crippen LogP contribution in [0, 0.1) is 34.6 Å². The molecule has 5 aromatic carbocycles. The molecule has 0 aliphatic carbocycles. The van der Waals surface area contributed by atoms with E-state index in [4.69, 9.17) is 9.47 Å². The van der Waals surface area contributed by atoms with Crippen LogP contribution in [0.5, 0.6) is 11.5 Å². The van der Waals surface area contributed by atoms with E-state index in [0.717, 1.165) is 17.2 Å². The minimum atomic E-state index is -0.0168. The molecule has 57 heavy (non-hydrogen) atoms. The van der Waals surface area contributed by atoms with Gasteiger partial charge in [-0.2, -0.15) is 0 Å². The van der Waals surface area contributed by atoms with Crippen LogP contribution in [0.15, 0.2) is 66.7 Å². The van der Waals surface area contributed by atoms with Gasteiger partial charge in [0.25, 0.3) is 6.71 Å². The van der Waals surface area contributed by atoms with E-state index in [2.05, 4.69) is 173 Å². The Morgan fingerprint density at radius 1 is 0.526 bits per heavy atom. The van der Waals surface area contributed by atoms with Gasteiger partial charge in [-0.25, -0.2) is 0 Å². The van der Waals surface area contributed by atoms with Gasteiger partial charge in [0.2, 0.25) is 0 Å². The second kappa shape index (κ2) is 12.7. The first-order valence-corrected chi connectivity index (χ1v) is 21.5. The highest BCUT2D eigenvalue weighted by Gasteiger charge is 2.47. The molecule has 292 valence electrons. The lowest BCUT2D eigenvalue weighted by atomic mass is 9.33. The van der Waals surface area contributed by atoms with Crippen LogP contribution in [-0.4, -0.2) is 19.9 Å². The van der Waals surface area contributed by atoms with Gasteiger partial charge in [-0.3, -0.25) is 0 Å². The lowest BCUT2D eigenvalue weighted by Crippen LogP contribution is -2.61. The standard InChI is InChI=1S/C51H57BN2O2S/c1-28-19-39-45-40(20-28)54(47-31(4)23-35(24-32(47)5)51(12,13)14)48-44(36-25-33(49(6,7)8)15-16-43(36)57-48)52(45)37-26-41-42(56-18-17-55-41)27-38(37)53(39)46-29(2)21-34(22-30(46)3)50(9,10)11/h15-16,19-27H,17-18H2,1-14H3. The monoisotopic (exact) mass is 772 g/mol. The number of fused-ring (bicyclic) bond motifs is 7. The number of anilines is 6. The molecule has 0 saturated heterocycles. The van der Waals surface area contributed by atoms with Crippen LogP contribution >= 0.6 is 11.3 Å². The van der Waals surface area contributed by atoms with Crippen LogP contribution in [-0.2, 0) is 16.2 Å². The van der Waals surface area contributed by atoms with Crippen molar-refractivity contribution in [1.29, 1.82) is 0 Å². The van der Waals surface area contributed by atoms with E-state index in [-0.39, 0.29) is 23.0 Å². The van der Waals surface area contributed by atoms with E-state index in [0.29, 0.717) is 13.2 Å². The third-order valence-electron chi connectivity index (χ3n) is 12.5. The highest BCUT2D eigenvalue weighted by molar-refractivity contribution is 7.26. The first-order valence-electron chi connectivity index (χ1n) is 20.7. The number of ether oxygens (including phenoxy) is 2. The average Bonchev–Trinajstić information content (AvgIpc) is 3.49. The Balaban J connectivity index is 1.43. The van der Waals surface area contributed by atoms with Crippen molar-refractivity contribution in [2.45, 2.75) is 113 Å². The lowest BCUT2D eigenvalue weighted by Gasteiger charge is -2.45. The summed E-state index contributed by atoms with van der Waals surface area (Å²) in [5.74, 6) is 1.65. The van der Waals surface area contributed by atoms with Crippen molar-refractivity contribution in [3.63, 3.8) is 0 Å². The zero-order chi connectivity index (χ0) is 40.7. The average molecular weight is 773 g/mol. The molecule has 4 nitrogen and oxygen atoms in total. The molecule has 4 heterocycles. The first-order chi connectivity index (χ1) is 26.7. The molecular weight excluding hydrogens is 715 g/mol. The predicted octanol–water partition coefficient (Wildman–Crippen LogP) is 12.2. The molecule has 0 N–H and O–H groups in total. The van der Waals surface area contributed by atoms with E-state index < -0.39 is 0 Å². The van der Waals surface area contributed by atoms with Crippen molar-refractivity contribution >= 4 is 78.0 Å². The van der Waals surface area contributed by atoms with Crippen molar-refractivity contribution in [2.75, 3.05) is 23.0 Å². The van der Waals surface area contributed by atoms with Gasteiger partial charge in [0.15, 0.2) is 11.5 Å². The Hall–Kier alpha value is -4.68. The summed E-state index contributed by atoms with van der Waals surface area (Å²) >= 11 is 1.93. The molecule has 0 unspecified atom stereocenters. The van der Waals surface area contributed by atoms with Crippen molar-refractivity contribution in [3.8, 4) is 11.5 Å². The first kappa shape index (κ1) is 37.9. The highest BCUT2D eigenvalue weighted by atomic mass is 32.1. The van der Waals surface area contributed by atoms with E-state index in [1.807, 2.05) is 11.3 Å². The van der Waals surface area contributed by atoms with Crippen LogP contribution in [0.2, 0.25) is 0 Å². The lowest BCUT2D eigenvalue weighted by molar-refractivity contribution is 0.172. The Morgan fingerprint density at radius 2 is 1.02 bits per heavy atom. The van der Waals surface area contributed by atoms with E-state index in [1.54, 1.807) is 0 Å². The van der Waals surface area contributed by atoms with Gasteiger partial charge >= 0.3 is 0 Å². The maximum atomic E-state index is 6.41. The third kappa shape index (κ3) is 5.91. The second-order valence-electron chi connectivity index (χ2n) is 20.1. The summed E-state index contributed by atoms with van der Waals surface area (Å²) < 4.78 is 14.1. The number of aryl methyl sites for hydroxylation is 5. The Labute approximate surface area is 344 Å². The van der Waals surface area contributed by atoms with Crippen LogP contribution in [0.25, 0.3) is 10.1 Å². The normalized spacial score (nSPS) is 14.9. The number of thiophene rings is 1. The SMILES string of the molecule is Cc1cc2c3c(c1)N(c1c(C)cc(C(C)(C)C)cc1C)c1sc4ccc(C(C)(C)C)cc4c1B3c1cc3c(cc1N2c1c(C)cc(C(C)(C)C)cc1C)OCCO3. The third-order valence-corrected chi connectivity index (χ3v) is 13.7. The molecule has 0 atom stereocenters. The molecule has 0 amide bonds. The Kier molecular flexibility index (Phi) is 8.41. The second-order valence-corrected chi connectivity index (χ2v) is 21.1. The maximum Gasteiger partial charge on any atom is 0.254 e. The zero-order valence-corrected chi connectivity index (χ0v) is 37.3. The van der Waals surface area contributed by atoms with Gasteiger partial charge in [0, 0.05) is 27.8 Å². The predicted molar refractivity (Wildman–Crippen MR) is 247 cm³/mol. The van der Waals surface area contributed by atoms with Crippen molar-refractivity contribution in [2.24, 2.45) is 0 Å². The molecule has 3 aliphatic heterocycles. The number of benzene rings is 5. The molecule has 1 aromatic heterocycles. The summed E-state index contributed by atoms with van der Waals surface area (Å²) in [6, 6.07) is 26.3. The highest BCUT2D eigenvalue weighted by Crippen LogP contribution is 2.52. The summed E-state index contributed by atoms with van der Waals surface area (Å²) in [5, 5.41) is 2.64. The minimum Gasteiger partial charge on any atom is -0.486 e. The molecule has 9 rings (SSSR count). The molecule has 0 saturated carbocycles. The molecule has 0 spiro atoms. The van der Waals surface area contributed by atoms with Crippen molar-refractivity contribution in [3.05, 3.63) is 111 Å². The summed E-state index contributed by atoms with van der Waals surface area (Å²) in [7, 11) is 0. The Bertz CT molecular complexity index is 2620. The smallest absolute Gasteiger partial charge is 0.254 e. The van der Waals surface area contributed by atoms with Crippen molar-refractivity contribution < 1.29 is 9.47 Å². The molecule has 0 bridgehead atoms. The number of rotatable bonds is 2. The van der Waals surface area contributed by atoms with Gasteiger partial charge in [0.1, 0.15) is 13.2 Å². The number of nitrogens with zero attached hydrogens (tertiary/aromatic N) is 2. The van der Waals surface area contributed by atoms with Crippen LogP contribution in [0.3, 0.4) is 0 Å². The quantitative estimate of drug-likeness (QED) is 0.163. The molecule has 6 aromatic rings. The van der Waals surface area contributed by atoms with E-state index in [1.165, 1.54) is 98.7 Å². The van der Waals surface area contributed by atoms with Gasteiger partial charge in [-0.15, -0.1) is 11.3 Å². The molecule has 0 radical (unpaired) electrons. The maximum absolute atomic E-state index is 6.41. The van der Waals surface area contributed by atoms with Crippen molar-refractivity contribution in [1.82, 2.24) is 0 Å². The van der Waals surface area contributed by atoms with Gasteiger partial charge in [-0.05, 0) is 141 Å². The van der Waals surface area contributed by atoms with Crippen LogP contribution < -0.4 is 35.7 Å². The van der Waals surface area contributed by atoms with Crippen LogP contribution in [0.4, 0.5) is 33.4 Å². The number of hydrogen-bond acceptors (Lipinski definition) is 5. The van der Waals surface area contributed by atoms with E-state index in [9.17, 15) is 0 Å². The Morgan fingerprint density at radius 3 is 1.54 bits per heavy atom. The molecule has 6 heteroatoms. The van der Waals surface area contributed by atoms with Crippen LogP contribution in [0.1, 0.15) is 107 Å². The van der Waals surface area contributed by atoms with Gasteiger partial charge in [-0.1, -0.05) is 98.7 Å². The van der Waals surface area contributed by atoms with Gasteiger partial charge < -0.3 is 19.3 Å². The largest absolute Gasteiger partial charge is 0.486 e. The minimum absolute atomic E-state index is 0.00724. The molecule has 0 fully saturated rings.